The van der Waals surface area contributed by atoms with Crippen LogP contribution < -0.4 is 49.1 Å². The highest BCUT2D eigenvalue weighted by Gasteiger charge is 2.46. The molecule has 13 atom stereocenters. The Balaban J connectivity index is 1.07. The van der Waals surface area contributed by atoms with Crippen LogP contribution in [-0.2, 0) is 122 Å². The van der Waals surface area contributed by atoms with E-state index in [0.717, 1.165) is 20.3 Å². The maximum atomic E-state index is 16.1. The molecule has 0 spiro atoms. The van der Waals surface area contributed by atoms with Crippen molar-refractivity contribution in [2.75, 3.05) is 40.8 Å². The molecule has 4 heterocycles. The summed E-state index contributed by atoms with van der Waals surface area (Å²) in [6.45, 7) is 5.34. The average molecular weight is 1920 g/mol. The molecule has 0 bridgehead atoms. The van der Waals surface area contributed by atoms with E-state index in [1.54, 1.807) is 129 Å². The summed E-state index contributed by atoms with van der Waals surface area (Å²) in [6, 6.07) is 21.2. The van der Waals surface area contributed by atoms with E-state index in [-0.39, 0.29) is 121 Å². The molecule has 1 aromatic heterocycles. The summed E-state index contributed by atoms with van der Waals surface area (Å²) in [5.74, 6) is -23.1. The molecule has 0 aliphatic carbocycles. The Morgan fingerprint density at radius 2 is 1.01 bits per heavy atom. The number of para-hydroxylation sites is 1. The number of nitrogens with two attached hydrogens (primary N) is 3. The fraction of sp³-hybridized carbons (Fsp3) is 0.476. The van der Waals surface area contributed by atoms with Crippen molar-refractivity contribution in [1.82, 2.24) is 61.4 Å². The highest BCUT2D eigenvalue weighted by atomic mass is 19.2. The number of phenols is 1. The number of rotatable bonds is 27. The minimum absolute atomic E-state index is 0.00758. The topological polar surface area (TPSA) is 496 Å². The van der Waals surface area contributed by atoms with Gasteiger partial charge in [-0.15, -0.1) is 0 Å². The molecule has 10 rings (SSSR count). The number of carbonyl (C=O) groups is 16. The molecule has 36 heteroatoms. The van der Waals surface area contributed by atoms with Crippen LogP contribution in [0.4, 0.5) is 13.2 Å². The molecular weight excluding hydrogens is 1790 g/mol. The van der Waals surface area contributed by atoms with E-state index in [2.05, 4.69) is 36.9 Å². The lowest BCUT2D eigenvalue weighted by atomic mass is 9.82. The summed E-state index contributed by atoms with van der Waals surface area (Å²) in [7, 11) is 3.92. The number of carbonyl (C=O) groups excluding carboxylic acids is 15. The number of halogens is 3. The zero-order valence-corrected chi connectivity index (χ0v) is 79.6. The minimum atomic E-state index is -1.85. The number of unbranched alkanes of at least 4 members (excludes halogenated alkanes) is 2. The monoisotopic (exact) mass is 1920 g/mol. The Morgan fingerprint density at radius 3 is 1.63 bits per heavy atom. The largest absolute Gasteiger partial charge is 0.508 e. The van der Waals surface area contributed by atoms with Gasteiger partial charge in [0.1, 0.15) is 65.9 Å². The second-order valence-corrected chi connectivity index (χ2v) is 36.9. The number of aromatic nitrogens is 1. The first-order chi connectivity index (χ1) is 66.4. The maximum absolute atomic E-state index is 16.1. The van der Waals surface area contributed by atoms with E-state index in [4.69, 9.17) is 17.2 Å². The first-order valence-electron chi connectivity index (χ1n) is 47.8. The molecule has 3 aliphatic heterocycles. The van der Waals surface area contributed by atoms with Gasteiger partial charge < -0.3 is 88.8 Å². The highest BCUT2D eigenvalue weighted by Crippen LogP contribution is 2.32. The molecule has 12 amide bonds. The number of phenolic OH excluding ortho intramolecular Hbond substituents is 1. The normalized spacial score (nSPS) is 23.3. The van der Waals surface area contributed by atoms with E-state index in [1.165, 1.54) is 55.2 Å². The van der Waals surface area contributed by atoms with Gasteiger partial charge in [0.05, 0.1) is 18.5 Å². The number of Topliss-reactive ketones (excluding diaryl/α,β-unsaturated/α-hetero) is 3. The lowest BCUT2D eigenvalue weighted by molar-refractivity contribution is -0.152. The Bertz CT molecular complexity index is 5470. The molecule has 3 saturated heterocycles. The van der Waals surface area contributed by atoms with Crippen molar-refractivity contribution < 1.29 is 100 Å². The van der Waals surface area contributed by atoms with E-state index < -0.39 is 241 Å². The van der Waals surface area contributed by atoms with Crippen LogP contribution in [0.3, 0.4) is 0 Å². The van der Waals surface area contributed by atoms with Crippen molar-refractivity contribution in [3.8, 4) is 5.75 Å². The van der Waals surface area contributed by atoms with Gasteiger partial charge in [-0.25, -0.2) is 13.2 Å². The van der Waals surface area contributed by atoms with Gasteiger partial charge in [-0.05, 0) is 152 Å². The SMILES string of the molecule is CCCC[C@H]1C(=O)N2CCC[C@@H]2C(=O)C[C@@H](CC(=O)O)C(=O)C[C@@H](C(C)C)C(=O)N(C)[C@@H](Cc2ccccc2)C(=O)N[C@@H](Cc2ccc(CN)cc2)C(=O)N2CCCC[C@@H]2C(=O)N[C@@H](Cc2c[nH]c3ccccc23)C(=O)N[C@@H](Cc2ccc(O)cc2)C(=O)N[C@@H](CCCCN)C(=O)N[C@H](C(=O)CCC(N)=O)CCCC(=O)N[C@@H](Cc2cc(F)c(F)c(F)c2)C(=O)N(C)[C@@H](Cc2ccccc2)C(=O)N1C. The van der Waals surface area contributed by atoms with Gasteiger partial charge >= 0.3 is 5.97 Å². The molecule has 0 radical (unpaired) electrons. The summed E-state index contributed by atoms with van der Waals surface area (Å²) in [6.07, 6.45) is -2.63. The fourth-order valence-electron chi connectivity index (χ4n) is 18.5. The minimum Gasteiger partial charge on any atom is -0.508 e. The maximum Gasteiger partial charge on any atom is 0.304 e. The predicted molar refractivity (Wildman–Crippen MR) is 511 cm³/mol. The number of H-pyrrole nitrogens is 1. The number of primary amides is 1. The summed E-state index contributed by atoms with van der Waals surface area (Å²) < 4.78 is 45.3. The zero-order valence-electron chi connectivity index (χ0n) is 79.6. The van der Waals surface area contributed by atoms with E-state index >= 15 is 66.3 Å². The summed E-state index contributed by atoms with van der Waals surface area (Å²) in [5, 5.41) is 38.4. The van der Waals surface area contributed by atoms with E-state index in [0.29, 0.717) is 83.0 Å². The number of likely N-dealkylation sites (N-methyl/N-ethyl adjacent to an activating group) is 3. The van der Waals surface area contributed by atoms with Crippen LogP contribution in [0.15, 0.2) is 152 Å². The van der Waals surface area contributed by atoms with Crippen molar-refractivity contribution in [2.24, 2.45) is 35.0 Å². The quantitative estimate of drug-likeness (QED) is 0.0184. The number of nitrogens with one attached hydrogen (secondary N) is 7. The number of piperidine rings is 1. The van der Waals surface area contributed by atoms with Crippen LogP contribution >= 0.6 is 0 Å². The number of carboxylic acids is 1. The second kappa shape index (κ2) is 51.8. The Labute approximate surface area is 806 Å². The predicted octanol–water partition coefficient (Wildman–Crippen LogP) is 6.89. The van der Waals surface area contributed by atoms with Gasteiger partial charge in [-0.3, -0.25) is 76.7 Å². The lowest BCUT2D eigenvalue weighted by Crippen LogP contribution is -2.62. The van der Waals surface area contributed by atoms with Crippen LogP contribution in [0.5, 0.6) is 5.75 Å². The number of hydrogen-bond donors (Lipinski definition) is 12. The molecular formula is C103H130F3N15O18. The van der Waals surface area contributed by atoms with Crippen molar-refractivity contribution >= 4 is 105 Å². The van der Waals surface area contributed by atoms with Gasteiger partial charge in [0.2, 0.25) is 70.9 Å². The zero-order chi connectivity index (χ0) is 101. The van der Waals surface area contributed by atoms with Crippen molar-refractivity contribution in [1.29, 1.82) is 0 Å². The molecule has 746 valence electrons. The highest BCUT2D eigenvalue weighted by molar-refractivity contribution is 6.02. The average Bonchev–Trinajstić information content (AvgIpc) is 1.49. The molecule has 3 aliphatic rings. The third-order valence-electron chi connectivity index (χ3n) is 26.5. The number of hydrogen-bond acceptors (Lipinski definition) is 19. The Morgan fingerprint density at radius 1 is 0.475 bits per heavy atom. The molecule has 0 saturated carbocycles. The third kappa shape index (κ3) is 30.0. The number of aliphatic carboxylic acids is 1. The number of ketones is 3. The summed E-state index contributed by atoms with van der Waals surface area (Å²) in [5.41, 5.74) is 21.1. The fourth-order valence-corrected chi connectivity index (χ4v) is 18.5. The number of carboxylic acid groups (broad SMARTS) is 1. The molecule has 3 fully saturated rings. The number of benzene rings is 6. The van der Waals surface area contributed by atoms with Crippen LogP contribution in [0, 0.1) is 35.2 Å². The lowest BCUT2D eigenvalue weighted by Gasteiger charge is -2.38. The van der Waals surface area contributed by atoms with Crippen LogP contribution in [0.1, 0.15) is 182 Å². The number of aromatic amines is 1. The third-order valence-corrected chi connectivity index (χ3v) is 26.5. The molecule has 7 aromatic rings. The second-order valence-electron chi connectivity index (χ2n) is 36.9. The van der Waals surface area contributed by atoms with Crippen molar-refractivity contribution in [3.63, 3.8) is 0 Å². The van der Waals surface area contributed by atoms with Gasteiger partial charge in [-0.2, -0.15) is 0 Å². The Hall–Kier alpha value is -13.5. The summed E-state index contributed by atoms with van der Waals surface area (Å²) >= 11 is 0. The van der Waals surface area contributed by atoms with Crippen LogP contribution in [0.2, 0.25) is 0 Å². The molecule has 139 heavy (non-hydrogen) atoms. The van der Waals surface area contributed by atoms with Gasteiger partial charge in [0, 0.05) is 140 Å². The van der Waals surface area contributed by atoms with E-state index in [1.807, 2.05) is 6.92 Å². The van der Waals surface area contributed by atoms with Gasteiger partial charge in [0.15, 0.2) is 29.0 Å². The number of aromatic hydroxyl groups is 1. The molecule has 6 aromatic carbocycles. The van der Waals surface area contributed by atoms with Crippen molar-refractivity contribution in [2.45, 2.75) is 254 Å². The van der Waals surface area contributed by atoms with Crippen molar-refractivity contribution in [3.05, 3.63) is 208 Å². The number of nitrogens with zero attached hydrogens (tertiary/aromatic N) is 5. The van der Waals surface area contributed by atoms with Gasteiger partial charge in [0.25, 0.3) is 0 Å². The van der Waals surface area contributed by atoms with Crippen LogP contribution in [0.25, 0.3) is 10.9 Å². The standard InChI is InChI=1S/C103H130F3N15O18/c1-7-8-31-84-103(139)120-47-22-33-82(120)89(125)56-68(57-92(128)129)88(124)58-72(61(2)3)99(135)118(5)85(53-62-23-11-9-12-24-62)98(134)116-81(51-64-35-37-66(59-108)38-36-64)101(137)121-46-20-18-32-83(121)97(133)115-79(55-69-60-110-75-28-16-15-27-71(69)75)96(132)114-78(50-65-39-41-70(122)42-40-65)95(131)113-77(29-17-19-45-107)94(130)112-76(87(123)43-44-90(109)126)30-21-34-91(127)111-80(52-67-48-73(104)93(106)74(105)49-67)100(136)119(6)86(102(138)117(84)4)54-63-25-13-10-14-26-63/h9-16,23-28,35-42,48-49,60-61,68,72,76-86,110,122H,7-8,17-22,29-34,43-47,50-59,107-108H2,1-6H3,(H2,109,126)(H,111,127)(H,112,130)(H,113,131)(H,114,132)(H,115,133)(H,116,134)(H,128,129)/t68-,72-,76-,77-,78-,79-,80-,81-,82+,83+,84-,85-,86-/m0/s1. The van der Waals surface area contributed by atoms with Gasteiger partial charge in [-0.1, -0.05) is 149 Å². The summed E-state index contributed by atoms with van der Waals surface area (Å²) in [4.78, 5) is 250. The van der Waals surface area contributed by atoms with Crippen LogP contribution in [-0.4, -0.2) is 241 Å². The number of amides is 12. The van der Waals surface area contributed by atoms with E-state index in [9.17, 15) is 33.8 Å². The number of fused-ring (bicyclic) bond motifs is 3. The molecule has 15 N–H and O–H groups in total. The first kappa shape index (κ1) is 108. The Kier molecular flexibility index (Phi) is 40.0. The smallest absolute Gasteiger partial charge is 0.304 e. The molecule has 33 nitrogen and oxygen atoms in total. The molecule has 0 unspecified atom stereocenters. The first-order valence-corrected chi connectivity index (χ1v) is 47.8.